The van der Waals surface area contributed by atoms with E-state index in [1.54, 1.807) is 54.1 Å². The summed E-state index contributed by atoms with van der Waals surface area (Å²) in [6, 6.07) is 14.0. The van der Waals surface area contributed by atoms with Crippen LogP contribution in [0.4, 0.5) is 0 Å². The zero-order chi connectivity index (χ0) is 19.3. The van der Waals surface area contributed by atoms with E-state index < -0.39 is 0 Å². The van der Waals surface area contributed by atoms with Crippen LogP contribution in [0.15, 0.2) is 58.9 Å². The zero-order valence-corrected chi connectivity index (χ0v) is 15.4. The van der Waals surface area contributed by atoms with Gasteiger partial charge in [-0.05, 0) is 42.0 Å². The Labute approximate surface area is 165 Å². The number of nitrogens with zero attached hydrogens (tertiary/aromatic N) is 2. The molecule has 28 heavy (non-hydrogen) atoms. The number of allylic oxidation sites excluding steroid dienone is 1. The SMILES string of the molecule is N#CC(=Cc1ccc(OCc2cscn2)cc1)C(=O)c1ccc2c(c1)OCO2. The fraction of sp³-hybridized carbons (Fsp3) is 0.0952. The van der Waals surface area contributed by atoms with Gasteiger partial charge >= 0.3 is 0 Å². The molecule has 0 saturated heterocycles. The van der Waals surface area contributed by atoms with Gasteiger partial charge in [-0.3, -0.25) is 4.79 Å². The van der Waals surface area contributed by atoms with E-state index in [4.69, 9.17) is 14.2 Å². The van der Waals surface area contributed by atoms with Crippen molar-refractivity contribution in [2.75, 3.05) is 6.79 Å². The van der Waals surface area contributed by atoms with Crippen LogP contribution in [0, 0.1) is 11.3 Å². The third-order valence-electron chi connectivity index (χ3n) is 4.06. The lowest BCUT2D eigenvalue weighted by atomic mass is 10.0. The molecule has 0 aliphatic carbocycles. The average Bonchev–Trinajstić information content (AvgIpc) is 3.42. The summed E-state index contributed by atoms with van der Waals surface area (Å²) in [4.78, 5) is 16.8. The van der Waals surface area contributed by atoms with Crippen LogP contribution in [0.5, 0.6) is 17.2 Å². The summed E-state index contributed by atoms with van der Waals surface area (Å²) in [5, 5.41) is 11.4. The highest BCUT2D eigenvalue weighted by atomic mass is 32.1. The van der Waals surface area contributed by atoms with Crippen LogP contribution in [0.1, 0.15) is 21.6 Å². The first-order chi connectivity index (χ1) is 13.7. The summed E-state index contributed by atoms with van der Waals surface area (Å²) >= 11 is 1.52. The van der Waals surface area contributed by atoms with Crippen molar-refractivity contribution in [2.45, 2.75) is 6.61 Å². The molecule has 1 aliphatic heterocycles. The van der Waals surface area contributed by atoms with Crippen molar-refractivity contribution in [3.8, 4) is 23.3 Å². The van der Waals surface area contributed by atoms with Gasteiger partial charge in [-0.25, -0.2) is 4.98 Å². The largest absolute Gasteiger partial charge is 0.487 e. The Balaban J connectivity index is 1.48. The lowest BCUT2D eigenvalue weighted by molar-refractivity contribution is 0.103. The van der Waals surface area contributed by atoms with Crippen LogP contribution in [0.2, 0.25) is 0 Å². The van der Waals surface area contributed by atoms with Crippen molar-refractivity contribution < 1.29 is 19.0 Å². The van der Waals surface area contributed by atoms with Gasteiger partial charge in [0.1, 0.15) is 24.0 Å². The molecule has 0 unspecified atom stereocenters. The van der Waals surface area contributed by atoms with Gasteiger partial charge in [0.05, 0.1) is 11.2 Å². The molecule has 3 aromatic rings. The monoisotopic (exact) mass is 390 g/mol. The standard InChI is InChI=1S/C21H14N2O4S/c22-9-16(21(24)15-3-6-19-20(8-15)27-13-26-19)7-14-1-4-18(5-2-14)25-10-17-11-28-12-23-17/h1-8,11-12H,10,13H2. The Morgan fingerprint density at radius 2 is 2.04 bits per heavy atom. The molecule has 1 aromatic heterocycles. The number of fused-ring (bicyclic) bond motifs is 1. The number of aromatic nitrogens is 1. The van der Waals surface area contributed by atoms with Crippen LogP contribution in [-0.4, -0.2) is 17.6 Å². The second-order valence-electron chi connectivity index (χ2n) is 5.90. The predicted octanol–water partition coefficient (Wildman–Crippen LogP) is 4.24. The van der Waals surface area contributed by atoms with Gasteiger partial charge in [-0.1, -0.05) is 12.1 Å². The van der Waals surface area contributed by atoms with E-state index in [1.807, 2.05) is 11.4 Å². The summed E-state index contributed by atoms with van der Waals surface area (Å²) in [5.74, 6) is 1.41. The molecule has 0 N–H and O–H groups in total. The fourth-order valence-electron chi connectivity index (χ4n) is 2.63. The second-order valence-corrected chi connectivity index (χ2v) is 6.62. The molecule has 0 spiro atoms. The third kappa shape index (κ3) is 3.87. The maximum atomic E-state index is 12.7. The highest BCUT2D eigenvalue weighted by Crippen LogP contribution is 2.33. The summed E-state index contributed by atoms with van der Waals surface area (Å²) in [7, 11) is 0. The molecule has 7 heteroatoms. The van der Waals surface area contributed by atoms with Crippen molar-refractivity contribution in [2.24, 2.45) is 0 Å². The zero-order valence-electron chi connectivity index (χ0n) is 14.6. The first-order valence-corrected chi connectivity index (χ1v) is 9.33. The van der Waals surface area contributed by atoms with Crippen molar-refractivity contribution in [3.05, 3.63) is 75.7 Å². The van der Waals surface area contributed by atoms with Gasteiger partial charge in [-0.15, -0.1) is 11.3 Å². The topological polar surface area (TPSA) is 81.4 Å². The molecule has 0 bridgehead atoms. The minimum atomic E-state index is -0.371. The van der Waals surface area contributed by atoms with Gasteiger partial charge in [0.2, 0.25) is 12.6 Å². The van der Waals surface area contributed by atoms with Crippen LogP contribution in [-0.2, 0) is 6.61 Å². The number of Topliss-reactive ketones (excluding diaryl/α,β-unsaturated/α-hetero) is 1. The van der Waals surface area contributed by atoms with E-state index in [2.05, 4.69) is 4.98 Å². The molecule has 0 fully saturated rings. The number of rotatable bonds is 6. The molecular weight excluding hydrogens is 376 g/mol. The molecule has 4 rings (SSSR count). The quantitative estimate of drug-likeness (QED) is 0.356. The van der Waals surface area contributed by atoms with Gasteiger partial charge in [0.25, 0.3) is 0 Å². The Morgan fingerprint density at radius 3 is 2.79 bits per heavy atom. The normalized spacial score (nSPS) is 12.5. The highest BCUT2D eigenvalue weighted by Gasteiger charge is 2.18. The van der Waals surface area contributed by atoms with Crippen LogP contribution >= 0.6 is 11.3 Å². The molecule has 0 amide bonds. The number of carbonyl (C=O) groups excluding carboxylic acids is 1. The number of hydrogen-bond donors (Lipinski definition) is 0. The van der Waals surface area contributed by atoms with Gasteiger partial charge in [0.15, 0.2) is 11.5 Å². The molecule has 6 nitrogen and oxygen atoms in total. The summed E-state index contributed by atoms with van der Waals surface area (Å²) in [6.07, 6.45) is 1.55. The van der Waals surface area contributed by atoms with Crippen molar-refractivity contribution >= 4 is 23.2 Å². The minimum absolute atomic E-state index is 0.0370. The maximum absolute atomic E-state index is 12.7. The Morgan fingerprint density at radius 1 is 1.21 bits per heavy atom. The predicted molar refractivity (Wildman–Crippen MR) is 103 cm³/mol. The first-order valence-electron chi connectivity index (χ1n) is 8.39. The highest BCUT2D eigenvalue weighted by molar-refractivity contribution is 7.07. The maximum Gasteiger partial charge on any atom is 0.231 e. The van der Waals surface area contributed by atoms with E-state index in [0.717, 1.165) is 11.3 Å². The molecule has 0 saturated carbocycles. The second kappa shape index (κ2) is 7.94. The lowest BCUT2D eigenvalue weighted by Gasteiger charge is -2.05. The molecule has 0 radical (unpaired) electrons. The smallest absolute Gasteiger partial charge is 0.231 e. The molecule has 138 valence electrons. The molecular formula is C21H14N2O4S. The van der Waals surface area contributed by atoms with Crippen LogP contribution in [0.3, 0.4) is 0 Å². The molecule has 2 aromatic carbocycles. The van der Waals surface area contributed by atoms with Gasteiger partial charge < -0.3 is 14.2 Å². The van der Waals surface area contributed by atoms with E-state index in [1.165, 1.54) is 11.3 Å². The Bertz CT molecular complexity index is 1070. The number of thiazole rings is 1. The van der Waals surface area contributed by atoms with E-state index in [-0.39, 0.29) is 18.1 Å². The van der Waals surface area contributed by atoms with Gasteiger partial charge in [0, 0.05) is 10.9 Å². The van der Waals surface area contributed by atoms with E-state index in [0.29, 0.717) is 29.4 Å². The van der Waals surface area contributed by atoms with Gasteiger partial charge in [-0.2, -0.15) is 5.26 Å². The van der Waals surface area contributed by atoms with Crippen molar-refractivity contribution in [3.63, 3.8) is 0 Å². The number of ketones is 1. The number of benzene rings is 2. The Kier molecular flexibility index (Phi) is 5.04. The third-order valence-corrected chi connectivity index (χ3v) is 4.70. The molecule has 1 aliphatic rings. The lowest BCUT2D eigenvalue weighted by Crippen LogP contribution is -2.02. The number of ether oxygens (including phenoxy) is 3. The molecule has 0 atom stereocenters. The fourth-order valence-corrected chi connectivity index (χ4v) is 3.18. The van der Waals surface area contributed by atoms with Crippen LogP contribution in [0.25, 0.3) is 6.08 Å². The van der Waals surface area contributed by atoms with E-state index in [9.17, 15) is 10.1 Å². The molecule has 2 heterocycles. The number of nitriles is 1. The summed E-state index contributed by atoms with van der Waals surface area (Å²) in [5.41, 5.74) is 3.77. The number of hydrogen-bond acceptors (Lipinski definition) is 7. The van der Waals surface area contributed by atoms with Crippen molar-refractivity contribution in [1.29, 1.82) is 5.26 Å². The number of carbonyl (C=O) groups is 1. The Hall–Kier alpha value is -3.63. The summed E-state index contributed by atoms with van der Waals surface area (Å²) < 4.78 is 16.2. The minimum Gasteiger partial charge on any atom is -0.487 e. The summed E-state index contributed by atoms with van der Waals surface area (Å²) in [6.45, 7) is 0.523. The first kappa shape index (κ1) is 17.8. The van der Waals surface area contributed by atoms with Crippen molar-refractivity contribution in [1.82, 2.24) is 4.98 Å². The van der Waals surface area contributed by atoms with E-state index >= 15 is 0 Å². The van der Waals surface area contributed by atoms with Crippen LogP contribution < -0.4 is 14.2 Å². The average molecular weight is 390 g/mol.